The minimum Gasteiger partial charge on any atom is -0.356 e. The largest absolute Gasteiger partial charge is 0.356 e. The van der Waals surface area contributed by atoms with Gasteiger partial charge in [0, 0.05) is 22.9 Å². The second-order valence-electron chi connectivity index (χ2n) is 5.33. The number of aryl methyl sites for hydroxylation is 1. The number of ether oxygens (including phenoxy) is 2. The molecule has 1 aromatic carbocycles. The van der Waals surface area contributed by atoms with Crippen molar-refractivity contribution in [3.8, 4) is 0 Å². The molecule has 4 atom stereocenters. The fourth-order valence-corrected chi connectivity index (χ4v) is 4.23. The molecule has 0 N–H and O–H groups in total. The minimum atomic E-state index is -4.00. The van der Waals surface area contributed by atoms with Gasteiger partial charge in [-0.15, -0.1) is 0 Å². The maximum absolute atomic E-state index is 12.5. The summed E-state index contributed by atoms with van der Waals surface area (Å²) in [6.45, 7) is 1.86. The van der Waals surface area contributed by atoms with Gasteiger partial charge < -0.3 is 9.47 Å². The van der Waals surface area contributed by atoms with Crippen LogP contribution in [-0.4, -0.2) is 44.5 Å². The van der Waals surface area contributed by atoms with Crippen molar-refractivity contribution in [2.24, 2.45) is 5.11 Å². The zero-order valence-corrected chi connectivity index (χ0v) is 16.2. The predicted octanol–water partition coefficient (Wildman–Crippen LogP) is 2.94. The second kappa shape index (κ2) is 8.45. The van der Waals surface area contributed by atoms with Gasteiger partial charge in [-0.1, -0.05) is 45.4 Å². The number of azide groups is 1. The zero-order chi connectivity index (χ0) is 17.7. The summed E-state index contributed by atoms with van der Waals surface area (Å²) in [6, 6.07) is 5.64. The second-order valence-corrected chi connectivity index (χ2v) is 7.78. The smallest absolute Gasteiger partial charge is 0.297 e. The molecule has 2 rings (SSSR count). The summed E-state index contributed by atoms with van der Waals surface area (Å²) < 4.78 is 41.7. The van der Waals surface area contributed by atoms with Crippen LogP contribution < -0.4 is 0 Å². The third kappa shape index (κ3) is 4.58. The third-order valence-electron chi connectivity index (χ3n) is 3.67. The third-order valence-corrected chi connectivity index (χ3v) is 5.86. The van der Waals surface area contributed by atoms with Gasteiger partial charge in [0.05, 0.1) is 17.0 Å². The maximum Gasteiger partial charge on any atom is 0.297 e. The first kappa shape index (κ1) is 19.4. The van der Waals surface area contributed by atoms with Gasteiger partial charge in [-0.25, -0.2) is 0 Å². The Balaban J connectivity index is 2.29. The molecule has 0 amide bonds. The highest BCUT2D eigenvalue weighted by atomic mass is 127. The number of hydrogen-bond donors (Lipinski definition) is 0. The number of benzene rings is 1. The molecule has 1 aromatic rings. The average molecular weight is 467 g/mol. The molecule has 1 saturated heterocycles. The van der Waals surface area contributed by atoms with Crippen molar-refractivity contribution in [1.29, 1.82) is 0 Å². The Hall–Kier alpha value is -0.910. The van der Waals surface area contributed by atoms with Crippen LogP contribution in [-0.2, 0) is 23.8 Å². The molecule has 0 aliphatic carbocycles. The van der Waals surface area contributed by atoms with Gasteiger partial charge in [-0.05, 0) is 24.6 Å². The van der Waals surface area contributed by atoms with Crippen LogP contribution in [0.1, 0.15) is 12.0 Å². The van der Waals surface area contributed by atoms with E-state index < -0.39 is 34.7 Å². The van der Waals surface area contributed by atoms with Gasteiger partial charge in [-0.2, -0.15) is 8.42 Å². The number of alkyl halides is 1. The minimum absolute atomic E-state index is 0.0499. The lowest BCUT2D eigenvalue weighted by Crippen LogP contribution is -2.50. The van der Waals surface area contributed by atoms with Gasteiger partial charge in [0.1, 0.15) is 6.10 Å². The van der Waals surface area contributed by atoms with E-state index in [9.17, 15) is 8.42 Å². The van der Waals surface area contributed by atoms with E-state index in [1.807, 2.05) is 6.92 Å². The number of methoxy groups -OCH3 is 1. The molecule has 1 heterocycles. The molecule has 0 aromatic heterocycles. The van der Waals surface area contributed by atoms with E-state index in [2.05, 4.69) is 32.6 Å². The monoisotopic (exact) mass is 467 g/mol. The van der Waals surface area contributed by atoms with E-state index >= 15 is 0 Å². The molecule has 1 aliphatic heterocycles. The lowest BCUT2D eigenvalue weighted by atomic mass is 10.0. The first-order valence-corrected chi connectivity index (χ1v) is 10.1. The number of hydrogen-bond acceptors (Lipinski definition) is 6. The Morgan fingerprint density at radius 2 is 2.08 bits per heavy atom. The molecular formula is C14H18IN3O5S. The van der Waals surface area contributed by atoms with Gasteiger partial charge in [0.15, 0.2) is 6.29 Å². The van der Waals surface area contributed by atoms with E-state index in [4.69, 9.17) is 19.2 Å². The number of halogens is 1. The van der Waals surface area contributed by atoms with Gasteiger partial charge in [-0.3, -0.25) is 4.18 Å². The normalized spacial score (nSPS) is 27.5. The highest BCUT2D eigenvalue weighted by molar-refractivity contribution is 14.1. The SMILES string of the molecule is CO[C@H]1C[C@H](N=[N+]=[N-])[C@@H](OS(=O)(=O)c2ccc(C)cc2)[C@@H](CI)O1. The predicted molar refractivity (Wildman–Crippen MR) is 95.3 cm³/mol. The first-order chi connectivity index (χ1) is 11.4. The Bertz CT molecular complexity index is 706. The van der Waals surface area contributed by atoms with E-state index in [-0.39, 0.29) is 11.3 Å². The van der Waals surface area contributed by atoms with Crippen molar-refractivity contribution in [3.05, 3.63) is 40.3 Å². The molecule has 132 valence electrons. The lowest BCUT2D eigenvalue weighted by molar-refractivity contribution is -0.204. The Morgan fingerprint density at radius 1 is 1.42 bits per heavy atom. The summed E-state index contributed by atoms with van der Waals surface area (Å²) >= 11 is 2.07. The lowest BCUT2D eigenvalue weighted by Gasteiger charge is -2.38. The molecule has 1 aliphatic rings. The van der Waals surface area contributed by atoms with Crippen LogP contribution in [0.5, 0.6) is 0 Å². The molecule has 0 saturated carbocycles. The Labute approximate surface area is 154 Å². The van der Waals surface area contributed by atoms with Crippen molar-refractivity contribution in [1.82, 2.24) is 0 Å². The molecule has 24 heavy (non-hydrogen) atoms. The molecule has 0 radical (unpaired) electrons. The fraction of sp³-hybridized carbons (Fsp3) is 0.571. The summed E-state index contributed by atoms with van der Waals surface area (Å²) in [5, 5.41) is 3.68. The molecule has 1 fully saturated rings. The van der Waals surface area contributed by atoms with Crippen molar-refractivity contribution in [3.63, 3.8) is 0 Å². The van der Waals surface area contributed by atoms with Crippen molar-refractivity contribution < 1.29 is 22.1 Å². The Kier molecular flexibility index (Phi) is 6.84. The van der Waals surface area contributed by atoms with Gasteiger partial charge in [0.2, 0.25) is 0 Å². The van der Waals surface area contributed by atoms with Crippen LogP contribution in [0.2, 0.25) is 0 Å². The average Bonchev–Trinajstić information content (AvgIpc) is 2.56. The van der Waals surface area contributed by atoms with Gasteiger partial charge in [0.25, 0.3) is 10.1 Å². The summed E-state index contributed by atoms with van der Waals surface area (Å²) in [7, 11) is -2.52. The number of nitrogens with zero attached hydrogens (tertiary/aromatic N) is 3. The fourth-order valence-electron chi connectivity index (χ4n) is 2.40. The van der Waals surface area contributed by atoms with E-state index in [0.29, 0.717) is 4.43 Å². The maximum atomic E-state index is 12.5. The quantitative estimate of drug-likeness (QED) is 0.160. The van der Waals surface area contributed by atoms with Crippen LogP contribution >= 0.6 is 22.6 Å². The molecule has 0 bridgehead atoms. The zero-order valence-electron chi connectivity index (χ0n) is 13.2. The molecular weight excluding hydrogens is 449 g/mol. The van der Waals surface area contributed by atoms with Crippen LogP contribution in [0.3, 0.4) is 0 Å². The highest BCUT2D eigenvalue weighted by Crippen LogP contribution is 2.30. The van der Waals surface area contributed by atoms with Crippen molar-refractivity contribution in [2.45, 2.75) is 42.8 Å². The summed E-state index contributed by atoms with van der Waals surface area (Å²) in [4.78, 5) is 2.85. The van der Waals surface area contributed by atoms with E-state index in [1.54, 1.807) is 12.1 Å². The summed E-state index contributed by atoms with van der Waals surface area (Å²) in [5.74, 6) is 0. The van der Waals surface area contributed by atoms with Crippen LogP contribution in [0, 0.1) is 6.92 Å². The molecule has 0 unspecified atom stereocenters. The Morgan fingerprint density at radius 3 is 2.62 bits per heavy atom. The topological polar surface area (TPSA) is 111 Å². The first-order valence-electron chi connectivity index (χ1n) is 7.19. The summed E-state index contributed by atoms with van der Waals surface area (Å²) in [6.07, 6.45) is -1.82. The van der Waals surface area contributed by atoms with Crippen LogP contribution in [0.25, 0.3) is 10.4 Å². The van der Waals surface area contributed by atoms with E-state index in [0.717, 1.165) is 5.56 Å². The van der Waals surface area contributed by atoms with Crippen molar-refractivity contribution in [2.75, 3.05) is 11.5 Å². The molecule has 8 nitrogen and oxygen atoms in total. The molecule has 0 spiro atoms. The number of rotatable bonds is 6. The van der Waals surface area contributed by atoms with Crippen LogP contribution in [0.15, 0.2) is 34.3 Å². The van der Waals surface area contributed by atoms with Gasteiger partial charge >= 0.3 is 0 Å². The highest BCUT2D eigenvalue weighted by Gasteiger charge is 2.41. The van der Waals surface area contributed by atoms with E-state index in [1.165, 1.54) is 19.2 Å². The van der Waals surface area contributed by atoms with Crippen molar-refractivity contribution >= 4 is 32.7 Å². The summed E-state index contributed by atoms with van der Waals surface area (Å²) in [5.41, 5.74) is 9.71. The van der Waals surface area contributed by atoms with Crippen LogP contribution in [0.4, 0.5) is 0 Å². The molecule has 10 heteroatoms. The standard InChI is InChI=1S/C14H18IN3O5S/c1-9-3-5-10(6-4-9)24(19,20)23-14-11(17-18-16)7-13(21-2)22-12(14)8-15/h3-6,11-14H,7-8H2,1-2H3/t11-,12+,13+,14+/m0/s1.